The lowest BCUT2D eigenvalue weighted by atomic mass is 9.78. The van der Waals surface area contributed by atoms with Crippen molar-refractivity contribution in [2.24, 2.45) is 0 Å². The third-order valence-electron chi connectivity index (χ3n) is 11.8. The molecule has 1 aromatic rings. The van der Waals surface area contributed by atoms with Crippen LogP contribution in [0.2, 0.25) is 0 Å². The van der Waals surface area contributed by atoms with Gasteiger partial charge in [-0.3, -0.25) is 0 Å². The first kappa shape index (κ1) is 29.2. The Morgan fingerprint density at radius 2 is 0.732 bits per heavy atom. The van der Waals surface area contributed by atoms with E-state index in [1.165, 1.54) is 129 Å². The van der Waals surface area contributed by atoms with Gasteiger partial charge in [-0.2, -0.15) is 0 Å². The maximum absolute atomic E-state index is 4.20. The van der Waals surface area contributed by atoms with E-state index < -0.39 is 0 Å². The normalized spacial score (nSPS) is 43.0. The molecule has 6 saturated heterocycles. The minimum atomic E-state index is 0.607. The van der Waals surface area contributed by atoms with E-state index in [0.29, 0.717) is 60.2 Å². The fraction of sp³-hybridized carbons (Fsp3) is 0.882. The van der Waals surface area contributed by atoms with Crippen molar-refractivity contribution in [3.63, 3.8) is 0 Å². The SMILES string of the molecule is c1cc(C2CC(C3CCCCN3)NC(C3CCCCN3)C2)sc1C1CC(C2CCCCN2)NC(C2CCCCN2)C1. The van der Waals surface area contributed by atoms with Crippen LogP contribution in [0.3, 0.4) is 0 Å². The Labute approximate surface area is 253 Å². The largest absolute Gasteiger partial charge is 0.312 e. The Kier molecular flexibility index (Phi) is 10.00. The summed E-state index contributed by atoms with van der Waals surface area (Å²) < 4.78 is 0. The average molecular weight is 583 g/mol. The Balaban J connectivity index is 1.08. The molecule has 6 N–H and O–H groups in total. The molecule has 8 atom stereocenters. The summed E-state index contributed by atoms with van der Waals surface area (Å²) in [7, 11) is 0. The van der Waals surface area contributed by atoms with Crippen LogP contribution in [-0.2, 0) is 0 Å². The third kappa shape index (κ3) is 7.08. The van der Waals surface area contributed by atoms with E-state index in [0.717, 1.165) is 0 Å². The Morgan fingerprint density at radius 1 is 0.415 bits per heavy atom. The van der Waals surface area contributed by atoms with Gasteiger partial charge in [0.25, 0.3) is 0 Å². The number of rotatable bonds is 6. The van der Waals surface area contributed by atoms with Crippen molar-refractivity contribution in [2.75, 3.05) is 26.2 Å². The zero-order valence-electron chi connectivity index (χ0n) is 25.5. The van der Waals surface area contributed by atoms with Crippen LogP contribution in [0.25, 0.3) is 0 Å². The zero-order valence-corrected chi connectivity index (χ0v) is 26.3. The fourth-order valence-electron chi connectivity index (χ4n) is 9.52. The predicted octanol–water partition coefficient (Wildman–Crippen LogP) is 4.72. The Hall–Kier alpha value is -0.540. The third-order valence-corrected chi connectivity index (χ3v) is 13.2. The Bertz CT molecular complexity index is 805. The van der Waals surface area contributed by atoms with E-state index in [1.807, 2.05) is 0 Å². The molecule has 0 amide bonds. The van der Waals surface area contributed by atoms with Gasteiger partial charge in [-0.25, -0.2) is 0 Å². The molecule has 6 nitrogen and oxygen atoms in total. The van der Waals surface area contributed by atoms with Crippen molar-refractivity contribution in [2.45, 2.75) is 163 Å². The fourth-order valence-corrected chi connectivity index (χ4v) is 10.8. The van der Waals surface area contributed by atoms with Crippen LogP contribution in [0.4, 0.5) is 0 Å². The lowest BCUT2D eigenvalue weighted by Crippen LogP contribution is -2.61. The van der Waals surface area contributed by atoms with Crippen LogP contribution in [0.15, 0.2) is 12.1 Å². The lowest BCUT2D eigenvalue weighted by Gasteiger charge is -2.45. The van der Waals surface area contributed by atoms with Gasteiger partial charge in [-0.15, -0.1) is 11.3 Å². The van der Waals surface area contributed by atoms with Gasteiger partial charge in [0.05, 0.1) is 0 Å². The predicted molar refractivity (Wildman–Crippen MR) is 172 cm³/mol. The number of hydrogen-bond acceptors (Lipinski definition) is 7. The molecule has 6 aliphatic rings. The first-order chi connectivity index (χ1) is 20.3. The zero-order chi connectivity index (χ0) is 27.4. The molecular formula is C34H58N6S. The second-order valence-electron chi connectivity index (χ2n) is 14.6. The molecular weight excluding hydrogens is 524 g/mol. The molecule has 0 bridgehead atoms. The second-order valence-corrected chi connectivity index (χ2v) is 15.7. The average Bonchev–Trinajstić information content (AvgIpc) is 3.57. The van der Waals surface area contributed by atoms with E-state index in [1.54, 1.807) is 9.75 Å². The molecule has 41 heavy (non-hydrogen) atoms. The highest BCUT2D eigenvalue weighted by Crippen LogP contribution is 2.42. The van der Waals surface area contributed by atoms with E-state index in [4.69, 9.17) is 0 Å². The number of piperidine rings is 6. The first-order valence-electron chi connectivity index (χ1n) is 17.9. The van der Waals surface area contributed by atoms with Crippen LogP contribution >= 0.6 is 11.3 Å². The van der Waals surface area contributed by atoms with Crippen molar-refractivity contribution in [1.82, 2.24) is 31.9 Å². The summed E-state index contributed by atoms with van der Waals surface area (Å²) in [6, 6.07) is 10.1. The van der Waals surface area contributed by atoms with Crippen molar-refractivity contribution in [3.05, 3.63) is 21.9 Å². The van der Waals surface area contributed by atoms with E-state index in [9.17, 15) is 0 Å². The van der Waals surface area contributed by atoms with Gasteiger partial charge in [0, 0.05) is 58.1 Å². The summed E-state index contributed by atoms with van der Waals surface area (Å²) in [6.07, 6.45) is 21.5. The second kappa shape index (κ2) is 14.0. The molecule has 7 heteroatoms. The molecule has 0 aliphatic carbocycles. The van der Waals surface area contributed by atoms with Crippen LogP contribution in [0.1, 0.15) is 124 Å². The van der Waals surface area contributed by atoms with Crippen LogP contribution in [-0.4, -0.2) is 74.5 Å². The molecule has 0 spiro atoms. The summed E-state index contributed by atoms with van der Waals surface area (Å²) >= 11 is 2.20. The number of hydrogen-bond donors (Lipinski definition) is 6. The highest BCUT2D eigenvalue weighted by Gasteiger charge is 2.40. The molecule has 1 aromatic heterocycles. The maximum Gasteiger partial charge on any atom is 0.0230 e. The highest BCUT2D eigenvalue weighted by molar-refractivity contribution is 7.12. The molecule has 7 rings (SSSR count). The minimum Gasteiger partial charge on any atom is -0.312 e. The van der Waals surface area contributed by atoms with Crippen molar-refractivity contribution in [3.8, 4) is 0 Å². The van der Waals surface area contributed by atoms with Gasteiger partial charge in [-0.1, -0.05) is 25.7 Å². The highest BCUT2D eigenvalue weighted by atomic mass is 32.1. The molecule has 7 heterocycles. The molecule has 6 fully saturated rings. The van der Waals surface area contributed by atoms with E-state index in [-0.39, 0.29) is 0 Å². The number of nitrogens with one attached hydrogen (secondary N) is 6. The quantitative estimate of drug-likeness (QED) is 0.292. The number of thiophene rings is 1. The van der Waals surface area contributed by atoms with Crippen LogP contribution < -0.4 is 31.9 Å². The van der Waals surface area contributed by atoms with Crippen LogP contribution in [0.5, 0.6) is 0 Å². The van der Waals surface area contributed by atoms with Crippen molar-refractivity contribution < 1.29 is 0 Å². The van der Waals surface area contributed by atoms with Crippen molar-refractivity contribution >= 4 is 11.3 Å². The van der Waals surface area contributed by atoms with Gasteiger partial charge in [0.1, 0.15) is 0 Å². The monoisotopic (exact) mass is 582 g/mol. The molecule has 6 aliphatic heterocycles. The van der Waals surface area contributed by atoms with Crippen molar-refractivity contribution in [1.29, 1.82) is 0 Å². The van der Waals surface area contributed by atoms with Gasteiger partial charge >= 0.3 is 0 Å². The summed E-state index contributed by atoms with van der Waals surface area (Å²) in [6.45, 7) is 4.80. The standard InChI is InChI=1S/C34H58N6S/c1-5-15-35-25(9-1)29-19-23(20-30(39-29)26-10-2-6-16-36-26)33-13-14-34(41-33)24-21-31(27-11-3-7-17-37-27)40-32(22-24)28-12-4-8-18-38-28/h13-14,23-32,35-40H,1-12,15-22H2. The maximum atomic E-state index is 4.20. The van der Waals surface area contributed by atoms with Gasteiger partial charge in [0.15, 0.2) is 0 Å². The molecule has 8 unspecified atom stereocenters. The minimum absolute atomic E-state index is 0.607. The van der Waals surface area contributed by atoms with E-state index in [2.05, 4.69) is 55.4 Å². The molecule has 230 valence electrons. The summed E-state index contributed by atoms with van der Waals surface area (Å²) in [5.41, 5.74) is 0. The lowest BCUT2D eigenvalue weighted by molar-refractivity contribution is 0.181. The summed E-state index contributed by atoms with van der Waals surface area (Å²) in [5, 5.41) is 24.1. The molecule has 0 radical (unpaired) electrons. The van der Waals surface area contributed by atoms with Crippen LogP contribution in [0, 0.1) is 0 Å². The Morgan fingerprint density at radius 3 is 1.00 bits per heavy atom. The first-order valence-corrected chi connectivity index (χ1v) is 18.7. The topological polar surface area (TPSA) is 72.2 Å². The van der Waals surface area contributed by atoms with E-state index >= 15 is 0 Å². The van der Waals surface area contributed by atoms with Gasteiger partial charge in [-0.05, 0) is 127 Å². The van der Waals surface area contributed by atoms with Gasteiger partial charge in [0.2, 0.25) is 0 Å². The molecule has 0 saturated carbocycles. The van der Waals surface area contributed by atoms with Gasteiger partial charge < -0.3 is 31.9 Å². The summed E-state index contributed by atoms with van der Waals surface area (Å²) in [5.74, 6) is 1.40. The smallest absolute Gasteiger partial charge is 0.0230 e. The molecule has 0 aromatic carbocycles. The summed E-state index contributed by atoms with van der Waals surface area (Å²) in [4.78, 5) is 3.36.